The summed E-state index contributed by atoms with van der Waals surface area (Å²) in [5, 5.41) is 2.26. The van der Waals surface area contributed by atoms with Crippen LogP contribution in [0.2, 0.25) is 0 Å². The average molecular weight is 392 g/mol. The standard InChI is InChI=1S/C18H15F3N4OS/c19-18(20,21)27-17-12(5-2-8-22-17)16(26)23-11-6-7-13-14(9-11)25-15(24-13)10-3-1-4-10/h2,5-10H,1,3-4H2,(H,23,26)(H,24,25). The lowest BCUT2D eigenvalue weighted by Crippen LogP contribution is -2.14. The summed E-state index contributed by atoms with van der Waals surface area (Å²) in [5.41, 5.74) is -2.59. The highest BCUT2D eigenvalue weighted by Gasteiger charge is 2.32. The second kappa shape index (κ2) is 6.88. The van der Waals surface area contributed by atoms with Crippen molar-refractivity contribution in [3.63, 3.8) is 0 Å². The van der Waals surface area contributed by atoms with E-state index in [1.165, 1.54) is 24.8 Å². The number of halogens is 3. The number of aromatic nitrogens is 3. The van der Waals surface area contributed by atoms with Gasteiger partial charge < -0.3 is 10.3 Å². The second-order valence-electron chi connectivity index (χ2n) is 6.34. The average Bonchev–Trinajstić information content (AvgIpc) is 2.94. The van der Waals surface area contributed by atoms with Crippen LogP contribution >= 0.6 is 11.8 Å². The highest BCUT2D eigenvalue weighted by Crippen LogP contribution is 2.38. The highest BCUT2D eigenvalue weighted by atomic mass is 32.2. The normalized spacial score (nSPS) is 14.9. The largest absolute Gasteiger partial charge is 0.447 e. The van der Waals surface area contributed by atoms with Gasteiger partial charge >= 0.3 is 5.51 Å². The Balaban J connectivity index is 1.56. The molecule has 0 atom stereocenters. The van der Waals surface area contributed by atoms with E-state index in [0.29, 0.717) is 11.6 Å². The zero-order chi connectivity index (χ0) is 19.0. The van der Waals surface area contributed by atoms with E-state index in [4.69, 9.17) is 0 Å². The van der Waals surface area contributed by atoms with E-state index in [1.54, 1.807) is 18.2 Å². The molecular weight excluding hydrogens is 377 g/mol. The van der Waals surface area contributed by atoms with Gasteiger partial charge in [0, 0.05) is 29.6 Å². The van der Waals surface area contributed by atoms with Gasteiger partial charge in [0.25, 0.3) is 5.91 Å². The van der Waals surface area contributed by atoms with E-state index in [2.05, 4.69) is 20.3 Å². The molecule has 1 fully saturated rings. The van der Waals surface area contributed by atoms with E-state index in [-0.39, 0.29) is 10.6 Å². The van der Waals surface area contributed by atoms with Crippen LogP contribution < -0.4 is 5.32 Å². The van der Waals surface area contributed by atoms with Gasteiger partial charge in [-0.3, -0.25) is 4.79 Å². The molecule has 2 aromatic heterocycles. The van der Waals surface area contributed by atoms with E-state index in [1.807, 2.05) is 0 Å². The van der Waals surface area contributed by atoms with Crippen LogP contribution in [0.5, 0.6) is 0 Å². The van der Waals surface area contributed by atoms with Crippen LogP contribution in [0.4, 0.5) is 18.9 Å². The smallest absolute Gasteiger partial charge is 0.342 e. The van der Waals surface area contributed by atoms with Crippen molar-refractivity contribution in [2.75, 3.05) is 5.32 Å². The van der Waals surface area contributed by atoms with Crippen LogP contribution in [0, 0.1) is 0 Å². The van der Waals surface area contributed by atoms with Crippen molar-refractivity contribution in [1.29, 1.82) is 0 Å². The lowest BCUT2D eigenvalue weighted by atomic mass is 9.85. The van der Waals surface area contributed by atoms with Gasteiger partial charge in [0.05, 0.1) is 16.6 Å². The zero-order valence-corrected chi connectivity index (χ0v) is 14.8. The zero-order valence-electron chi connectivity index (χ0n) is 14.0. The molecule has 2 heterocycles. The molecule has 3 aromatic rings. The lowest BCUT2D eigenvalue weighted by Gasteiger charge is -2.22. The molecule has 1 aliphatic carbocycles. The number of fused-ring (bicyclic) bond motifs is 1. The summed E-state index contributed by atoms with van der Waals surface area (Å²) in [6, 6.07) is 7.93. The number of imidazole rings is 1. The molecule has 1 aromatic carbocycles. The Kier molecular flexibility index (Phi) is 4.55. The van der Waals surface area contributed by atoms with E-state index < -0.39 is 23.2 Å². The number of amides is 1. The minimum atomic E-state index is -4.52. The van der Waals surface area contributed by atoms with Gasteiger partial charge in [-0.05, 0) is 43.2 Å². The van der Waals surface area contributed by atoms with E-state index in [9.17, 15) is 18.0 Å². The molecule has 1 saturated carbocycles. The fourth-order valence-electron chi connectivity index (χ4n) is 2.94. The van der Waals surface area contributed by atoms with Gasteiger partial charge in [-0.25, -0.2) is 9.97 Å². The Labute approximate surface area is 156 Å². The predicted molar refractivity (Wildman–Crippen MR) is 96.8 cm³/mol. The number of nitrogens with zero attached hydrogens (tertiary/aromatic N) is 2. The van der Waals surface area contributed by atoms with Crippen LogP contribution in [-0.2, 0) is 0 Å². The molecule has 27 heavy (non-hydrogen) atoms. The maximum Gasteiger partial charge on any atom is 0.447 e. The number of hydrogen-bond donors (Lipinski definition) is 2. The topological polar surface area (TPSA) is 70.7 Å². The Morgan fingerprint density at radius 3 is 2.78 bits per heavy atom. The molecular formula is C18H15F3N4OS. The number of carbonyl (C=O) groups excluding carboxylic acids is 1. The van der Waals surface area contributed by atoms with Gasteiger partial charge in [-0.1, -0.05) is 6.42 Å². The number of hydrogen-bond acceptors (Lipinski definition) is 4. The number of rotatable bonds is 4. The van der Waals surface area contributed by atoms with Crippen molar-refractivity contribution >= 4 is 34.4 Å². The van der Waals surface area contributed by atoms with Crippen LogP contribution in [0.25, 0.3) is 11.0 Å². The first-order valence-electron chi connectivity index (χ1n) is 8.41. The third kappa shape index (κ3) is 3.92. The quantitative estimate of drug-likeness (QED) is 0.607. The van der Waals surface area contributed by atoms with Gasteiger partial charge in [0.15, 0.2) is 0 Å². The van der Waals surface area contributed by atoms with Crippen LogP contribution in [0.1, 0.15) is 41.4 Å². The van der Waals surface area contributed by atoms with Crippen molar-refractivity contribution in [3.8, 4) is 0 Å². The summed E-state index contributed by atoms with van der Waals surface area (Å²) >= 11 is -0.404. The Bertz CT molecular complexity index is 998. The van der Waals surface area contributed by atoms with E-state index >= 15 is 0 Å². The maximum absolute atomic E-state index is 12.7. The van der Waals surface area contributed by atoms with E-state index in [0.717, 1.165) is 29.7 Å². The Morgan fingerprint density at radius 2 is 2.07 bits per heavy atom. The molecule has 2 N–H and O–H groups in total. The monoisotopic (exact) mass is 392 g/mol. The maximum atomic E-state index is 12.7. The fraction of sp³-hybridized carbons (Fsp3) is 0.278. The molecule has 0 unspecified atom stereocenters. The first-order valence-corrected chi connectivity index (χ1v) is 9.22. The number of thioether (sulfide) groups is 1. The van der Waals surface area contributed by atoms with Crippen LogP contribution in [0.3, 0.4) is 0 Å². The molecule has 140 valence electrons. The molecule has 4 rings (SSSR count). The van der Waals surface area contributed by atoms with Crippen LogP contribution in [-0.4, -0.2) is 26.4 Å². The fourth-order valence-corrected chi connectivity index (χ4v) is 3.54. The molecule has 0 spiro atoms. The number of alkyl halides is 3. The molecule has 0 saturated heterocycles. The summed E-state index contributed by atoms with van der Waals surface area (Å²) < 4.78 is 38.0. The van der Waals surface area contributed by atoms with Crippen molar-refractivity contribution < 1.29 is 18.0 Å². The molecule has 0 bridgehead atoms. The number of pyridine rings is 1. The lowest BCUT2D eigenvalue weighted by molar-refractivity contribution is -0.0329. The number of benzene rings is 1. The highest BCUT2D eigenvalue weighted by molar-refractivity contribution is 8.00. The minimum Gasteiger partial charge on any atom is -0.342 e. The summed E-state index contributed by atoms with van der Waals surface area (Å²) in [4.78, 5) is 24.0. The summed E-state index contributed by atoms with van der Waals surface area (Å²) in [5.74, 6) is 0.747. The molecule has 9 heteroatoms. The van der Waals surface area contributed by atoms with Crippen molar-refractivity contribution in [1.82, 2.24) is 15.0 Å². The van der Waals surface area contributed by atoms with Crippen LogP contribution in [0.15, 0.2) is 41.6 Å². The number of carbonyl (C=O) groups is 1. The summed E-state index contributed by atoms with van der Waals surface area (Å²) in [7, 11) is 0. The number of nitrogens with one attached hydrogen (secondary N) is 2. The van der Waals surface area contributed by atoms with Crippen molar-refractivity contribution in [2.24, 2.45) is 0 Å². The first-order chi connectivity index (χ1) is 12.9. The van der Waals surface area contributed by atoms with Gasteiger partial charge in [-0.2, -0.15) is 13.2 Å². The minimum absolute atomic E-state index is 0.125. The van der Waals surface area contributed by atoms with Gasteiger partial charge in [0.2, 0.25) is 0 Å². The first kappa shape index (κ1) is 17.8. The molecule has 1 amide bonds. The Hall–Kier alpha value is -2.55. The molecule has 0 aliphatic heterocycles. The SMILES string of the molecule is O=C(Nc1ccc2nc(C3CCC3)[nH]c2c1)c1cccnc1SC(F)(F)F. The van der Waals surface area contributed by atoms with Gasteiger partial charge in [0.1, 0.15) is 10.9 Å². The predicted octanol–water partition coefficient (Wildman–Crippen LogP) is 5.09. The van der Waals surface area contributed by atoms with Gasteiger partial charge in [-0.15, -0.1) is 0 Å². The van der Waals surface area contributed by atoms with Crippen molar-refractivity contribution in [3.05, 3.63) is 47.9 Å². The van der Waals surface area contributed by atoms with Crippen molar-refractivity contribution in [2.45, 2.75) is 35.7 Å². The summed E-state index contributed by atoms with van der Waals surface area (Å²) in [6.45, 7) is 0. The Morgan fingerprint density at radius 1 is 1.26 bits per heavy atom. The number of anilines is 1. The third-order valence-electron chi connectivity index (χ3n) is 4.48. The second-order valence-corrected chi connectivity index (χ2v) is 7.39. The number of H-pyrrole nitrogens is 1. The molecule has 5 nitrogen and oxygen atoms in total. The molecule has 1 aliphatic rings. The molecule has 0 radical (unpaired) electrons. The third-order valence-corrected chi connectivity index (χ3v) is 5.23. The summed E-state index contributed by atoms with van der Waals surface area (Å²) in [6.07, 6.45) is 4.66. The number of aromatic amines is 1.